The molecule has 2 N–H and O–H groups in total. The highest BCUT2D eigenvalue weighted by Crippen LogP contribution is 2.36. The molecule has 1 aromatic rings. The molecule has 96 valence electrons. The molecule has 18 heavy (non-hydrogen) atoms. The van der Waals surface area contributed by atoms with Crippen molar-refractivity contribution in [2.45, 2.75) is 19.8 Å². The summed E-state index contributed by atoms with van der Waals surface area (Å²) >= 11 is 0. The van der Waals surface area contributed by atoms with Gasteiger partial charge in [-0.3, -0.25) is 14.9 Å². The van der Waals surface area contributed by atoms with Crippen molar-refractivity contribution >= 4 is 17.8 Å². The van der Waals surface area contributed by atoms with E-state index >= 15 is 0 Å². The third-order valence-electron chi connectivity index (χ3n) is 3.17. The van der Waals surface area contributed by atoms with Crippen LogP contribution < -0.4 is 5.32 Å². The van der Waals surface area contributed by atoms with Crippen LogP contribution in [0.5, 0.6) is 0 Å². The summed E-state index contributed by atoms with van der Waals surface area (Å²) in [7, 11) is 0. The fourth-order valence-corrected chi connectivity index (χ4v) is 2.36. The Balaban J connectivity index is 2.06. The molecule has 1 aromatic heterocycles. The molecule has 0 bridgehead atoms. The molecule has 1 amide bonds. The number of carboxylic acid groups (broad SMARTS) is 1. The number of nitrogens with zero attached hydrogens (tertiary/aromatic N) is 3. The van der Waals surface area contributed by atoms with Crippen LogP contribution in [-0.2, 0) is 9.59 Å². The van der Waals surface area contributed by atoms with Crippen LogP contribution in [0.2, 0.25) is 0 Å². The summed E-state index contributed by atoms with van der Waals surface area (Å²) in [6, 6.07) is 0. The van der Waals surface area contributed by atoms with Crippen molar-refractivity contribution in [3.63, 3.8) is 0 Å². The minimum atomic E-state index is -0.924. The van der Waals surface area contributed by atoms with Crippen LogP contribution >= 0.6 is 0 Å². The number of carboxylic acids is 1. The smallest absolute Gasteiger partial charge is 0.307 e. The Hall–Kier alpha value is -2.05. The first kappa shape index (κ1) is 12.4. The van der Waals surface area contributed by atoms with Crippen LogP contribution in [-0.4, -0.2) is 32.2 Å². The van der Waals surface area contributed by atoms with Crippen molar-refractivity contribution in [1.29, 1.82) is 0 Å². The van der Waals surface area contributed by atoms with Gasteiger partial charge in [0.15, 0.2) is 0 Å². The zero-order valence-electron chi connectivity index (χ0n) is 9.91. The van der Waals surface area contributed by atoms with E-state index in [9.17, 15) is 9.59 Å². The molecular weight excluding hydrogens is 236 g/mol. The molecule has 1 heterocycles. The fourth-order valence-electron chi connectivity index (χ4n) is 2.36. The molecule has 7 nitrogen and oxygen atoms in total. The highest BCUT2D eigenvalue weighted by atomic mass is 16.4. The Morgan fingerprint density at radius 1 is 1.33 bits per heavy atom. The van der Waals surface area contributed by atoms with Gasteiger partial charge in [0.25, 0.3) is 0 Å². The quantitative estimate of drug-likeness (QED) is 0.811. The van der Waals surface area contributed by atoms with Crippen LogP contribution in [0.3, 0.4) is 0 Å². The summed E-state index contributed by atoms with van der Waals surface area (Å²) < 4.78 is 0. The molecule has 3 atom stereocenters. The summed E-state index contributed by atoms with van der Waals surface area (Å²) in [5, 5.41) is 18.8. The number of amides is 1. The van der Waals surface area contributed by atoms with E-state index in [-0.39, 0.29) is 17.8 Å². The van der Waals surface area contributed by atoms with Gasteiger partial charge in [-0.25, -0.2) is 4.98 Å². The van der Waals surface area contributed by atoms with E-state index in [2.05, 4.69) is 20.5 Å². The number of hydrogen-bond acceptors (Lipinski definition) is 5. The number of aromatic nitrogens is 3. The molecule has 2 rings (SSSR count). The predicted molar refractivity (Wildman–Crippen MR) is 61.5 cm³/mol. The van der Waals surface area contributed by atoms with E-state index in [0.29, 0.717) is 12.8 Å². The maximum absolute atomic E-state index is 12.0. The van der Waals surface area contributed by atoms with Gasteiger partial charge in [0, 0.05) is 0 Å². The lowest BCUT2D eigenvalue weighted by molar-refractivity contribution is -0.145. The van der Waals surface area contributed by atoms with Gasteiger partial charge in [-0.05, 0) is 18.8 Å². The zero-order valence-corrected chi connectivity index (χ0v) is 9.91. The third-order valence-corrected chi connectivity index (χ3v) is 3.17. The van der Waals surface area contributed by atoms with Crippen molar-refractivity contribution in [3.05, 3.63) is 12.4 Å². The van der Waals surface area contributed by atoms with Crippen LogP contribution in [0.15, 0.2) is 12.4 Å². The minimum absolute atomic E-state index is 0.103. The van der Waals surface area contributed by atoms with Crippen molar-refractivity contribution in [2.75, 3.05) is 5.32 Å². The van der Waals surface area contributed by atoms with E-state index in [4.69, 9.17) is 5.11 Å². The number of aliphatic carboxylic acids is 1. The second kappa shape index (κ2) is 5.07. The van der Waals surface area contributed by atoms with Crippen LogP contribution in [0, 0.1) is 17.8 Å². The van der Waals surface area contributed by atoms with Gasteiger partial charge in [-0.1, -0.05) is 6.92 Å². The number of rotatable bonds is 3. The van der Waals surface area contributed by atoms with Crippen molar-refractivity contribution in [1.82, 2.24) is 15.2 Å². The summed E-state index contributed by atoms with van der Waals surface area (Å²) in [4.78, 5) is 26.9. The Kier molecular flexibility index (Phi) is 3.50. The van der Waals surface area contributed by atoms with E-state index in [1.807, 2.05) is 6.92 Å². The first-order valence-electron chi connectivity index (χ1n) is 5.75. The zero-order chi connectivity index (χ0) is 13.1. The molecule has 0 saturated heterocycles. The molecule has 0 aromatic carbocycles. The molecular formula is C11H14N4O3. The third kappa shape index (κ3) is 2.61. The van der Waals surface area contributed by atoms with Gasteiger partial charge in [0.05, 0.1) is 24.2 Å². The maximum atomic E-state index is 12.0. The largest absolute Gasteiger partial charge is 0.481 e. The topological polar surface area (TPSA) is 105 Å². The Morgan fingerprint density at radius 3 is 2.67 bits per heavy atom. The number of carbonyl (C=O) groups excluding carboxylic acids is 1. The van der Waals surface area contributed by atoms with Gasteiger partial charge < -0.3 is 5.11 Å². The van der Waals surface area contributed by atoms with Crippen LogP contribution in [0.25, 0.3) is 0 Å². The van der Waals surface area contributed by atoms with Gasteiger partial charge in [-0.15, -0.1) is 5.10 Å². The van der Waals surface area contributed by atoms with E-state index in [1.165, 1.54) is 12.4 Å². The first-order chi connectivity index (χ1) is 8.58. The summed E-state index contributed by atoms with van der Waals surface area (Å²) in [6.07, 6.45) is 3.91. The SMILES string of the molecule is CC1CC(C(=O)O)C(C(=O)Nc2nccnn2)C1. The molecule has 0 aliphatic heterocycles. The predicted octanol–water partition coefficient (Wildman–Crippen LogP) is 0.557. The number of nitrogens with one attached hydrogen (secondary N) is 1. The molecule has 1 fully saturated rings. The lowest BCUT2D eigenvalue weighted by atomic mass is 9.95. The van der Waals surface area contributed by atoms with Gasteiger partial charge in [0.2, 0.25) is 11.9 Å². The molecule has 7 heteroatoms. The van der Waals surface area contributed by atoms with E-state index in [1.54, 1.807) is 0 Å². The molecule has 1 saturated carbocycles. The number of anilines is 1. The van der Waals surface area contributed by atoms with E-state index in [0.717, 1.165) is 0 Å². The average Bonchev–Trinajstić information content (AvgIpc) is 2.73. The van der Waals surface area contributed by atoms with Crippen molar-refractivity contribution in [2.24, 2.45) is 17.8 Å². The fraction of sp³-hybridized carbons (Fsp3) is 0.545. The van der Waals surface area contributed by atoms with E-state index < -0.39 is 17.8 Å². The standard InChI is InChI=1S/C11H14N4O3/c1-6-4-7(8(5-6)10(17)18)9(16)14-11-12-2-3-13-15-11/h2-3,6-8H,4-5H2,1H3,(H,17,18)(H,12,14,15,16). The minimum Gasteiger partial charge on any atom is -0.481 e. The van der Waals surface area contributed by atoms with Gasteiger partial charge >= 0.3 is 5.97 Å². The Morgan fingerprint density at radius 2 is 2.06 bits per heavy atom. The Bertz CT molecular complexity index is 451. The summed E-state index contributed by atoms with van der Waals surface area (Å²) in [5.41, 5.74) is 0. The van der Waals surface area contributed by atoms with Gasteiger partial charge in [-0.2, -0.15) is 5.10 Å². The monoisotopic (exact) mass is 250 g/mol. The Labute approximate surface area is 104 Å². The van der Waals surface area contributed by atoms with Crippen LogP contribution in [0.4, 0.5) is 5.95 Å². The molecule has 0 radical (unpaired) electrons. The molecule has 0 spiro atoms. The summed E-state index contributed by atoms with van der Waals surface area (Å²) in [5.74, 6) is -2.09. The highest BCUT2D eigenvalue weighted by Gasteiger charge is 2.41. The number of carbonyl (C=O) groups is 2. The van der Waals surface area contributed by atoms with Gasteiger partial charge in [0.1, 0.15) is 0 Å². The summed E-state index contributed by atoms with van der Waals surface area (Å²) in [6.45, 7) is 1.95. The number of hydrogen-bond donors (Lipinski definition) is 2. The average molecular weight is 250 g/mol. The molecule has 1 aliphatic rings. The second-order valence-electron chi connectivity index (χ2n) is 4.58. The van der Waals surface area contributed by atoms with Crippen molar-refractivity contribution in [3.8, 4) is 0 Å². The maximum Gasteiger partial charge on any atom is 0.307 e. The molecule has 1 aliphatic carbocycles. The lowest BCUT2D eigenvalue weighted by Gasteiger charge is -2.14. The van der Waals surface area contributed by atoms with Crippen LogP contribution in [0.1, 0.15) is 19.8 Å². The lowest BCUT2D eigenvalue weighted by Crippen LogP contribution is -2.30. The molecule has 3 unspecified atom stereocenters. The highest BCUT2D eigenvalue weighted by molar-refractivity contribution is 5.94. The second-order valence-corrected chi connectivity index (χ2v) is 4.58. The van der Waals surface area contributed by atoms with Crippen molar-refractivity contribution < 1.29 is 14.7 Å². The first-order valence-corrected chi connectivity index (χ1v) is 5.75. The normalized spacial score (nSPS) is 26.8.